The molecule has 3 fully saturated rings. The monoisotopic (exact) mass is 646 g/mol. The molecule has 46 heavy (non-hydrogen) atoms. The van der Waals surface area contributed by atoms with Crippen molar-refractivity contribution in [1.82, 2.24) is 20.2 Å². The molecule has 0 radical (unpaired) electrons. The number of benzene rings is 1. The lowest BCUT2D eigenvalue weighted by Gasteiger charge is -2.35. The Morgan fingerprint density at radius 2 is 1.78 bits per heavy atom. The third kappa shape index (κ3) is 6.73. The van der Waals surface area contributed by atoms with E-state index in [1.807, 2.05) is 20.8 Å². The van der Waals surface area contributed by atoms with Gasteiger partial charge in [-0.25, -0.2) is 14.8 Å². The molecule has 6 rings (SSSR count). The molecule has 1 aromatic carbocycles. The van der Waals surface area contributed by atoms with Crippen LogP contribution in [0.5, 0.6) is 11.6 Å². The van der Waals surface area contributed by atoms with Gasteiger partial charge in [0.2, 0.25) is 11.8 Å². The number of hydrogen-bond donors (Lipinski definition) is 1. The van der Waals surface area contributed by atoms with Crippen molar-refractivity contribution in [2.45, 2.75) is 103 Å². The Balaban J connectivity index is 1.34. The Labute approximate surface area is 265 Å². The van der Waals surface area contributed by atoms with Crippen LogP contribution in [0.15, 0.2) is 18.2 Å². The molecule has 1 aromatic heterocycles. The number of amides is 2. The van der Waals surface area contributed by atoms with E-state index in [0.717, 1.165) is 44.6 Å². The van der Waals surface area contributed by atoms with Crippen LogP contribution in [0, 0.1) is 29.1 Å². The summed E-state index contributed by atoms with van der Waals surface area (Å²) in [6, 6.07) is 1.99. The predicted octanol–water partition coefficient (Wildman–Crippen LogP) is 5.60. The summed E-state index contributed by atoms with van der Waals surface area (Å²) in [5.74, 6) is 0.242. The highest BCUT2D eigenvalue weighted by molar-refractivity contribution is 5.89. The molecule has 2 saturated carbocycles. The van der Waals surface area contributed by atoms with Gasteiger partial charge in [-0.1, -0.05) is 40.5 Å². The number of hydrogen-bond acceptors (Lipinski definition) is 8. The fourth-order valence-electron chi connectivity index (χ4n) is 7.52. The average Bonchev–Trinajstić information content (AvgIpc) is 3.54. The fraction of sp³-hybridized carbons (Fsp3) is 0.667. The molecule has 10 nitrogen and oxygen atoms in total. The molecule has 1 saturated heterocycles. The Hall–Kier alpha value is -3.64. The first kappa shape index (κ1) is 32.3. The molecule has 2 aliphatic heterocycles. The average molecular weight is 647 g/mol. The lowest BCUT2D eigenvalue weighted by atomic mass is 9.85. The van der Waals surface area contributed by atoms with Crippen LogP contribution in [0.3, 0.4) is 0 Å². The van der Waals surface area contributed by atoms with Gasteiger partial charge < -0.3 is 29.2 Å². The van der Waals surface area contributed by atoms with Crippen molar-refractivity contribution in [3.05, 3.63) is 23.9 Å². The SMILES string of the molecule is C[C@@H]1[C@@H]2CN(C(=O)[C@H](C(C)(C)C)NC(=O)O[C@@H]3CC4CC4[C@H]3CCCCCc3nc4ccc(OC(F)(F)F)cc4nc3O2)[C@@H]1C=O. The van der Waals surface area contributed by atoms with Crippen molar-refractivity contribution in [3.63, 3.8) is 0 Å². The van der Waals surface area contributed by atoms with Crippen LogP contribution >= 0.6 is 0 Å². The van der Waals surface area contributed by atoms with Gasteiger partial charge in [0.1, 0.15) is 36.0 Å². The number of rotatable bonds is 2. The van der Waals surface area contributed by atoms with Crippen LogP contribution in [-0.4, -0.2) is 70.4 Å². The molecular weight excluding hydrogens is 605 g/mol. The molecule has 1 N–H and O–H groups in total. The molecule has 2 amide bonds. The van der Waals surface area contributed by atoms with Crippen molar-refractivity contribution in [3.8, 4) is 11.6 Å². The summed E-state index contributed by atoms with van der Waals surface area (Å²) in [5.41, 5.74) is 0.420. The summed E-state index contributed by atoms with van der Waals surface area (Å²) >= 11 is 0. The molecule has 2 aromatic rings. The highest BCUT2D eigenvalue weighted by Crippen LogP contribution is 2.57. The Morgan fingerprint density at radius 3 is 2.50 bits per heavy atom. The second-order valence-electron chi connectivity index (χ2n) is 14.4. The molecule has 3 heterocycles. The highest BCUT2D eigenvalue weighted by atomic mass is 19.4. The van der Waals surface area contributed by atoms with Gasteiger partial charge in [-0.2, -0.15) is 0 Å². The quantitative estimate of drug-likeness (QED) is 0.419. The van der Waals surface area contributed by atoms with E-state index >= 15 is 0 Å². The van der Waals surface area contributed by atoms with Gasteiger partial charge in [-0.15, -0.1) is 13.2 Å². The summed E-state index contributed by atoms with van der Waals surface area (Å²) in [5, 5.41) is 2.83. The summed E-state index contributed by atoms with van der Waals surface area (Å²) < 4.78 is 55.2. The standard InChI is InChI=1S/C33H41F3N4O6/c1-17-25(16-41)40-15-27(17)44-29-23(37-22-11-10-19(14-24(22)38-29)46-33(34,35)36)9-7-5-6-8-20-21-12-18(21)13-26(20)45-31(43)39-28(30(40)42)32(2,3)4/h10-11,14,16-18,20-21,25-28H,5-9,12-13,15H2,1-4H3,(H,39,43)/t17-,18?,20+,21?,25+,26+,27-,28+/m0/s1. The number of aryl methyl sites for hydroxylation is 1. The molecule has 13 heteroatoms. The molecule has 4 aliphatic rings. The summed E-state index contributed by atoms with van der Waals surface area (Å²) in [6.45, 7) is 7.35. The van der Waals surface area contributed by atoms with Gasteiger partial charge in [0.25, 0.3) is 0 Å². The molecule has 250 valence electrons. The lowest BCUT2D eigenvalue weighted by molar-refractivity contribution is -0.274. The van der Waals surface area contributed by atoms with Gasteiger partial charge in [0.05, 0.1) is 23.6 Å². The number of carbonyl (C=O) groups is 3. The molecule has 2 aliphatic carbocycles. The molecular formula is C33H41F3N4O6. The minimum Gasteiger partial charge on any atom is -0.471 e. The van der Waals surface area contributed by atoms with Gasteiger partial charge in [0.15, 0.2) is 0 Å². The normalized spacial score (nSPS) is 32.2. The lowest BCUT2D eigenvalue weighted by Crippen LogP contribution is -2.56. The van der Waals surface area contributed by atoms with Crippen molar-refractivity contribution in [2.24, 2.45) is 29.1 Å². The Kier molecular flexibility index (Phi) is 8.56. The zero-order chi connectivity index (χ0) is 33.0. The number of alkyl carbamates (subject to hydrolysis) is 1. The zero-order valence-corrected chi connectivity index (χ0v) is 26.5. The Bertz CT molecular complexity index is 1500. The van der Waals surface area contributed by atoms with Gasteiger partial charge in [0, 0.05) is 12.0 Å². The maximum atomic E-state index is 14.1. The van der Waals surface area contributed by atoms with E-state index < -0.39 is 53.6 Å². The maximum Gasteiger partial charge on any atom is 0.573 e. The molecule has 2 unspecified atom stereocenters. The van der Waals surface area contributed by atoms with Gasteiger partial charge in [-0.05, 0) is 67.4 Å². The minimum absolute atomic E-state index is 0.0388. The summed E-state index contributed by atoms with van der Waals surface area (Å²) in [7, 11) is 0. The topological polar surface area (TPSA) is 120 Å². The van der Waals surface area contributed by atoms with Crippen molar-refractivity contribution >= 4 is 29.3 Å². The van der Waals surface area contributed by atoms with E-state index in [0.29, 0.717) is 35.8 Å². The van der Waals surface area contributed by atoms with E-state index in [9.17, 15) is 27.6 Å². The van der Waals surface area contributed by atoms with Crippen molar-refractivity contribution in [2.75, 3.05) is 6.54 Å². The molecule has 2 bridgehead atoms. The fourth-order valence-corrected chi connectivity index (χ4v) is 7.52. The third-order valence-corrected chi connectivity index (χ3v) is 10.1. The smallest absolute Gasteiger partial charge is 0.471 e. The number of aromatic nitrogens is 2. The maximum absolute atomic E-state index is 14.1. The first-order chi connectivity index (χ1) is 21.7. The minimum atomic E-state index is -4.87. The first-order valence-corrected chi connectivity index (χ1v) is 16.2. The van der Waals surface area contributed by atoms with Crippen LogP contribution in [0.25, 0.3) is 11.0 Å². The Morgan fingerprint density at radius 1 is 1.00 bits per heavy atom. The number of aldehydes is 1. The number of nitrogens with zero attached hydrogens (tertiary/aromatic N) is 3. The van der Waals surface area contributed by atoms with Crippen molar-refractivity contribution < 1.29 is 41.8 Å². The van der Waals surface area contributed by atoms with Crippen LogP contribution < -0.4 is 14.8 Å². The largest absolute Gasteiger partial charge is 0.573 e. The van der Waals surface area contributed by atoms with Crippen molar-refractivity contribution in [1.29, 1.82) is 0 Å². The summed E-state index contributed by atoms with van der Waals surface area (Å²) in [4.78, 5) is 50.4. The van der Waals surface area contributed by atoms with Crippen LogP contribution in [0.2, 0.25) is 0 Å². The number of fused-ring (bicyclic) bond motifs is 7. The van der Waals surface area contributed by atoms with E-state index in [2.05, 4.69) is 15.0 Å². The summed E-state index contributed by atoms with van der Waals surface area (Å²) in [6.07, 6.45) is 0.367. The van der Waals surface area contributed by atoms with Crippen LogP contribution in [0.4, 0.5) is 18.0 Å². The van der Waals surface area contributed by atoms with Gasteiger partial charge in [-0.3, -0.25) is 4.79 Å². The van der Waals surface area contributed by atoms with E-state index in [-0.39, 0.29) is 30.0 Å². The highest BCUT2D eigenvalue weighted by Gasteiger charge is 2.54. The number of alkyl halides is 3. The van der Waals surface area contributed by atoms with E-state index in [1.165, 1.54) is 17.0 Å². The number of ether oxygens (including phenoxy) is 3. The zero-order valence-electron chi connectivity index (χ0n) is 26.5. The second-order valence-corrected chi connectivity index (χ2v) is 14.4. The van der Waals surface area contributed by atoms with Crippen LogP contribution in [-0.2, 0) is 20.7 Å². The van der Waals surface area contributed by atoms with E-state index in [4.69, 9.17) is 14.5 Å². The first-order valence-electron chi connectivity index (χ1n) is 16.2. The molecule has 0 spiro atoms. The molecule has 8 atom stereocenters. The predicted molar refractivity (Wildman–Crippen MR) is 160 cm³/mol. The second kappa shape index (κ2) is 12.2. The number of nitrogens with one attached hydrogen (secondary N) is 1. The van der Waals surface area contributed by atoms with Crippen LogP contribution in [0.1, 0.15) is 71.9 Å². The van der Waals surface area contributed by atoms with E-state index in [1.54, 1.807) is 6.92 Å². The van der Waals surface area contributed by atoms with Gasteiger partial charge >= 0.3 is 12.5 Å². The number of carbonyl (C=O) groups excluding carboxylic acids is 3. The number of halogens is 3. The third-order valence-electron chi connectivity index (χ3n) is 10.1.